The van der Waals surface area contributed by atoms with E-state index in [1.54, 1.807) is 11.6 Å². The van der Waals surface area contributed by atoms with Gasteiger partial charge in [0.05, 0.1) is 25.5 Å². The van der Waals surface area contributed by atoms with Crippen molar-refractivity contribution < 1.29 is 13.2 Å². The van der Waals surface area contributed by atoms with E-state index >= 15 is 0 Å². The molecule has 2 fully saturated rings. The Bertz CT molecular complexity index is 624. The highest BCUT2D eigenvalue weighted by Gasteiger charge is 2.38. The molecule has 130 valence electrons. The molecule has 23 heavy (non-hydrogen) atoms. The van der Waals surface area contributed by atoms with E-state index in [0.717, 1.165) is 19.7 Å². The summed E-state index contributed by atoms with van der Waals surface area (Å²) in [4.78, 5) is 2.16. The monoisotopic (exact) mass is 343 g/mol. The molecule has 1 saturated carbocycles. The van der Waals surface area contributed by atoms with Gasteiger partial charge < -0.3 is 9.64 Å². The molecule has 0 aromatic carbocycles. The second-order valence-electron chi connectivity index (χ2n) is 6.62. The molecule has 1 aliphatic carbocycles. The second kappa shape index (κ2) is 6.72. The van der Waals surface area contributed by atoms with E-state index in [1.165, 1.54) is 25.7 Å². The van der Waals surface area contributed by atoms with Crippen LogP contribution >= 0.6 is 0 Å². The first-order chi connectivity index (χ1) is 11.0. The number of hydrogen-bond donors (Lipinski definition) is 0. The van der Waals surface area contributed by atoms with E-state index in [-0.39, 0.29) is 16.9 Å². The minimum atomic E-state index is -3.03. The molecule has 8 nitrogen and oxygen atoms in total. The predicted octanol–water partition coefficient (Wildman–Crippen LogP) is 0.505. The van der Waals surface area contributed by atoms with Crippen LogP contribution in [0, 0.1) is 5.41 Å². The molecule has 0 bridgehead atoms. The summed E-state index contributed by atoms with van der Waals surface area (Å²) in [6.45, 7) is 5.03. The van der Waals surface area contributed by atoms with E-state index in [4.69, 9.17) is 4.74 Å². The summed E-state index contributed by atoms with van der Waals surface area (Å²) in [6, 6.07) is 0. The SMILES string of the molecule is CCS(=O)(=O)CCn1nnnc1N1CCOCC2(CCCC2)C1. The third-order valence-electron chi connectivity index (χ3n) is 4.95. The van der Waals surface area contributed by atoms with E-state index in [1.807, 2.05) is 0 Å². The molecular weight excluding hydrogens is 318 g/mol. The molecule has 0 N–H and O–H groups in total. The Morgan fingerprint density at radius 1 is 1.30 bits per heavy atom. The lowest BCUT2D eigenvalue weighted by Gasteiger charge is -2.31. The zero-order valence-electron chi connectivity index (χ0n) is 13.6. The van der Waals surface area contributed by atoms with Crippen molar-refractivity contribution >= 4 is 15.8 Å². The van der Waals surface area contributed by atoms with Crippen LogP contribution in [0.4, 0.5) is 5.95 Å². The van der Waals surface area contributed by atoms with Crippen LogP contribution in [0.3, 0.4) is 0 Å². The first-order valence-electron chi connectivity index (χ1n) is 8.33. The molecule has 0 radical (unpaired) electrons. The molecule has 2 heterocycles. The van der Waals surface area contributed by atoms with Gasteiger partial charge in [-0.1, -0.05) is 24.9 Å². The van der Waals surface area contributed by atoms with E-state index in [9.17, 15) is 8.42 Å². The first-order valence-corrected chi connectivity index (χ1v) is 10.2. The molecule has 3 rings (SSSR count). The van der Waals surface area contributed by atoms with Gasteiger partial charge in [0.15, 0.2) is 9.84 Å². The van der Waals surface area contributed by atoms with Crippen LogP contribution in [0.5, 0.6) is 0 Å². The van der Waals surface area contributed by atoms with Gasteiger partial charge in [0.25, 0.3) is 0 Å². The maximum Gasteiger partial charge on any atom is 0.245 e. The quantitative estimate of drug-likeness (QED) is 0.769. The van der Waals surface area contributed by atoms with E-state index < -0.39 is 9.84 Å². The molecule has 1 aliphatic heterocycles. The maximum atomic E-state index is 11.7. The number of nitrogens with zero attached hydrogens (tertiary/aromatic N) is 5. The molecule has 9 heteroatoms. The van der Waals surface area contributed by atoms with Gasteiger partial charge in [0, 0.05) is 24.3 Å². The maximum absolute atomic E-state index is 11.7. The van der Waals surface area contributed by atoms with Crippen molar-refractivity contribution in [1.29, 1.82) is 0 Å². The van der Waals surface area contributed by atoms with Crippen LogP contribution in [-0.2, 0) is 21.1 Å². The lowest BCUT2D eigenvalue weighted by atomic mass is 9.87. The van der Waals surface area contributed by atoms with Gasteiger partial charge in [-0.05, 0) is 23.3 Å². The fraction of sp³-hybridized carbons (Fsp3) is 0.929. The van der Waals surface area contributed by atoms with E-state index in [2.05, 4.69) is 20.4 Å². The van der Waals surface area contributed by atoms with Gasteiger partial charge in [0.2, 0.25) is 5.95 Å². The van der Waals surface area contributed by atoms with Gasteiger partial charge in [-0.25, -0.2) is 13.1 Å². The van der Waals surface area contributed by atoms with Crippen molar-refractivity contribution in [3.63, 3.8) is 0 Å². The minimum absolute atomic E-state index is 0.0665. The lowest BCUT2D eigenvalue weighted by Crippen LogP contribution is -2.38. The van der Waals surface area contributed by atoms with Crippen LogP contribution in [0.25, 0.3) is 0 Å². The summed E-state index contributed by atoms with van der Waals surface area (Å²) in [6.07, 6.45) is 4.85. The molecule has 0 unspecified atom stereocenters. The van der Waals surface area contributed by atoms with Gasteiger partial charge in [-0.3, -0.25) is 0 Å². The predicted molar refractivity (Wildman–Crippen MR) is 86.1 cm³/mol. The second-order valence-corrected chi connectivity index (χ2v) is 9.09. The van der Waals surface area contributed by atoms with Crippen LogP contribution in [0.2, 0.25) is 0 Å². The van der Waals surface area contributed by atoms with Crippen molar-refractivity contribution in [3.05, 3.63) is 0 Å². The zero-order chi connectivity index (χ0) is 16.3. The number of tetrazole rings is 1. The molecular formula is C14H25N5O3S. The zero-order valence-corrected chi connectivity index (χ0v) is 14.5. The molecule has 0 amide bonds. The van der Waals surface area contributed by atoms with Crippen molar-refractivity contribution in [3.8, 4) is 0 Å². The Labute approximate surface area is 137 Å². The molecule has 1 saturated heterocycles. The third-order valence-corrected chi connectivity index (χ3v) is 6.64. The van der Waals surface area contributed by atoms with Crippen LogP contribution in [-0.4, -0.2) is 66.4 Å². The number of aryl methyl sites for hydroxylation is 1. The highest BCUT2D eigenvalue weighted by Crippen LogP contribution is 2.40. The van der Waals surface area contributed by atoms with Gasteiger partial charge in [0.1, 0.15) is 0 Å². The smallest absolute Gasteiger partial charge is 0.245 e. The van der Waals surface area contributed by atoms with Crippen LogP contribution < -0.4 is 4.90 Å². The third kappa shape index (κ3) is 3.82. The number of rotatable bonds is 5. The lowest BCUT2D eigenvalue weighted by molar-refractivity contribution is 0.0733. The standard InChI is InChI=1S/C14H25N5O3S/c1-2-23(20,21)10-8-19-13(15-16-17-19)18-7-9-22-12-14(11-18)5-3-4-6-14/h2-12H2,1H3. The van der Waals surface area contributed by atoms with Gasteiger partial charge >= 0.3 is 0 Å². The van der Waals surface area contributed by atoms with Crippen LogP contribution in [0.15, 0.2) is 0 Å². The Kier molecular flexibility index (Phi) is 4.86. The number of sulfone groups is 1. The fourth-order valence-electron chi connectivity index (χ4n) is 3.53. The normalized spacial score (nSPS) is 21.7. The van der Waals surface area contributed by atoms with Crippen molar-refractivity contribution in [1.82, 2.24) is 20.2 Å². The summed E-state index contributed by atoms with van der Waals surface area (Å²) >= 11 is 0. The van der Waals surface area contributed by atoms with Gasteiger partial charge in [-0.15, -0.1) is 0 Å². The fourth-order valence-corrected chi connectivity index (χ4v) is 4.27. The van der Waals surface area contributed by atoms with Crippen molar-refractivity contribution in [2.24, 2.45) is 5.41 Å². The summed E-state index contributed by atoms with van der Waals surface area (Å²) in [5.74, 6) is 0.871. The molecule has 1 aromatic rings. The average Bonchev–Trinajstić information content (AvgIpc) is 3.13. The minimum Gasteiger partial charge on any atom is -0.379 e. The molecule has 0 atom stereocenters. The molecule has 2 aliphatic rings. The summed E-state index contributed by atoms with van der Waals surface area (Å²) in [5.41, 5.74) is 0.197. The number of anilines is 1. The number of hydrogen-bond acceptors (Lipinski definition) is 7. The highest BCUT2D eigenvalue weighted by atomic mass is 32.2. The highest BCUT2D eigenvalue weighted by molar-refractivity contribution is 7.91. The first kappa shape index (κ1) is 16.6. The molecule has 1 spiro atoms. The largest absolute Gasteiger partial charge is 0.379 e. The number of ether oxygens (including phenoxy) is 1. The van der Waals surface area contributed by atoms with Crippen molar-refractivity contribution in [2.75, 3.05) is 42.7 Å². The Morgan fingerprint density at radius 2 is 2.09 bits per heavy atom. The Hall–Kier alpha value is -1.22. The topological polar surface area (TPSA) is 90.2 Å². The van der Waals surface area contributed by atoms with Gasteiger partial charge in [-0.2, -0.15) is 0 Å². The number of aromatic nitrogens is 4. The summed E-state index contributed by atoms with van der Waals surface area (Å²) in [7, 11) is -3.03. The average molecular weight is 343 g/mol. The Balaban J connectivity index is 1.74. The summed E-state index contributed by atoms with van der Waals surface area (Å²) in [5, 5.41) is 11.9. The Morgan fingerprint density at radius 3 is 2.83 bits per heavy atom. The summed E-state index contributed by atoms with van der Waals surface area (Å²) < 4.78 is 30.9. The van der Waals surface area contributed by atoms with Crippen LogP contribution in [0.1, 0.15) is 32.6 Å². The van der Waals surface area contributed by atoms with Crippen molar-refractivity contribution in [2.45, 2.75) is 39.2 Å². The molecule has 1 aromatic heterocycles. The van der Waals surface area contributed by atoms with E-state index in [0.29, 0.717) is 19.1 Å².